The lowest BCUT2D eigenvalue weighted by atomic mass is 10.0. The molecule has 1 saturated carbocycles. The van der Waals surface area contributed by atoms with Gasteiger partial charge in [-0.3, -0.25) is 9.36 Å². The van der Waals surface area contributed by atoms with E-state index in [0.717, 1.165) is 44.5 Å². The number of benzene rings is 2. The van der Waals surface area contributed by atoms with Gasteiger partial charge in [-0.05, 0) is 87.8 Å². The van der Waals surface area contributed by atoms with E-state index in [1.54, 1.807) is 10.6 Å². The van der Waals surface area contributed by atoms with E-state index in [-0.39, 0.29) is 40.1 Å². The molecule has 1 saturated heterocycles. The van der Waals surface area contributed by atoms with Gasteiger partial charge >= 0.3 is 0 Å². The summed E-state index contributed by atoms with van der Waals surface area (Å²) in [6, 6.07) is 13.8. The number of aromatic nitrogens is 4. The maximum Gasteiger partial charge on any atom is 0.266 e. The SMILES string of the molecule is N#Cc1c(N)nc(N)nc1NC(c1nc2c(F)ccc(CCCN3CCCCC3)c2c(=O)n1-c1ccccc1)C1CC1. The Balaban J connectivity index is 1.47. The Morgan fingerprint density at radius 3 is 2.52 bits per heavy atom. The van der Waals surface area contributed by atoms with Gasteiger partial charge in [-0.1, -0.05) is 30.7 Å². The molecule has 0 bridgehead atoms. The predicted octanol–water partition coefficient (Wildman–Crippen LogP) is 4.33. The molecular formula is C31H34FN9O. The number of halogens is 1. The van der Waals surface area contributed by atoms with Crippen LogP contribution in [0.1, 0.15) is 61.5 Å². The zero-order chi connectivity index (χ0) is 29.2. The molecule has 42 heavy (non-hydrogen) atoms. The molecule has 1 aliphatic carbocycles. The van der Waals surface area contributed by atoms with E-state index in [4.69, 9.17) is 16.5 Å². The third-order valence-corrected chi connectivity index (χ3v) is 8.20. The van der Waals surface area contributed by atoms with Crippen molar-refractivity contribution in [2.45, 2.75) is 51.0 Å². The van der Waals surface area contributed by atoms with E-state index in [9.17, 15) is 10.1 Å². The molecule has 1 aliphatic heterocycles. The van der Waals surface area contributed by atoms with Crippen LogP contribution in [0.2, 0.25) is 0 Å². The Hall–Kier alpha value is -4.56. The first-order valence-electron chi connectivity index (χ1n) is 14.6. The predicted molar refractivity (Wildman–Crippen MR) is 161 cm³/mol. The molecule has 2 fully saturated rings. The Morgan fingerprint density at radius 2 is 1.81 bits per heavy atom. The molecule has 2 aromatic heterocycles. The first-order valence-corrected chi connectivity index (χ1v) is 14.6. The number of hydrogen-bond acceptors (Lipinski definition) is 9. The number of nitrogens with zero attached hydrogens (tertiary/aromatic N) is 6. The maximum atomic E-state index is 15.5. The summed E-state index contributed by atoms with van der Waals surface area (Å²) < 4.78 is 17.0. The standard InChI is InChI=1S/C31H34FN9O/c32-23-14-13-19(8-7-17-40-15-5-2-6-16-40)24-26(23)37-29(41(30(24)42)21-9-3-1-4-10-21)25(20-11-12-20)36-28-22(18-33)27(34)38-31(35)39-28/h1,3-4,9-10,13-14,20,25H,2,5-8,11-12,15-17H2,(H5,34,35,36,38,39). The van der Waals surface area contributed by atoms with Crippen molar-refractivity contribution >= 4 is 28.5 Å². The molecule has 0 spiro atoms. The van der Waals surface area contributed by atoms with Crippen LogP contribution in [0, 0.1) is 23.1 Å². The van der Waals surface area contributed by atoms with E-state index in [2.05, 4.69) is 20.2 Å². The minimum absolute atomic E-state index is 0.0470. The molecule has 5 N–H and O–H groups in total. The third-order valence-electron chi connectivity index (χ3n) is 8.20. The zero-order valence-electron chi connectivity index (χ0n) is 23.4. The van der Waals surface area contributed by atoms with E-state index in [0.29, 0.717) is 23.3 Å². The molecule has 216 valence electrons. The molecule has 11 heteroatoms. The van der Waals surface area contributed by atoms with Gasteiger partial charge < -0.3 is 21.7 Å². The number of aryl methyl sites for hydroxylation is 1. The Bertz CT molecular complexity index is 1710. The Kier molecular flexibility index (Phi) is 7.71. The first kappa shape index (κ1) is 27.6. The highest BCUT2D eigenvalue weighted by Gasteiger charge is 2.37. The molecule has 3 heterocycles. The summed E-state index contributed by atoms with van der Waals surface area (Å²) in [6.07, 6.45) is 6.94. The van der Waals surface area contributed by atoms with Crippen LogP contribution in [0.4, 0.5) is 22.0 Å². The number of rotatable bonds is 9. The third kappa shape index (κ3) is 5.50. The fourth-order valence-electron chi connectivity index (χ4n) is 5.94. The van der Waals surface area contributed by atoms with Crippen LogP contribution < -0.4 is 22.3 Å². The average Bonchev–Trinajstić information content (AvgIpc) is 3.83. The van der Waals surface area contributed by atoms with Crippen molar-refractivity contribution in [1.82, 2.24) is 24.4 Å². The fourth-order valence-corrected chi connectivity index (χ4v) is 5.94. The van der Waals surface area contributed by atoms with E-state index in [1.165, 1.54) is 25.3 Å². The van der Waals surface area contributed by atoms with Gasteiger partial charge in [0.15, 0.2) is 5.82 Å². The van der Waals surface area contributed by atoms with Gasteiger partial charge in [0.1, 0.15) is 34.6 Å². The van der Waals surface area contributed by atoms with Crippen molar-refractivity contribution in [3.05, 3.63) is 75.6 Å². The van der Waals surface area contributed by atoms with Crippen LogP contribution >= 0.6 is 0 Å². The van der Waals surface area contributed by atoms with Crippen molar-refractivity contribution in [1.29, 1.82) is 5.26 Å². The summed E-state index contributed by atoms with van der Waals surface area (Å²) in [5.74, 6) is -0.120. The summed E-state index contributed by atoms with van der Waals surface area (Å²) >= 11 is 0. The maximum absolute atomic E-state index is 15.5. The van der Waals surface area contributed by atoms with E-state index >= 15 is 4.39 Å². The van der Waals surface area contributed by atoms with E-state index < -0.39 is 11.9 Å². The Labute approximate surface area is 243 Å². The first-order chi connectivity index (χ1) is 20.4. The van der Waals surface area contributed by atoms with Crippen LogP contribution in [0.25, 0.3) is 16.6 Å². The second kappa shape index (κ2) is 11.7. The van der Waals surface area contributed by atoms with Crippen LogP contribution in [-0.4, -0.2) is 44.1 Å². The van der Waals surface area contributed by atoms with Gasteiger partial charge in [0.2, 0.25) is 5.95 Å². The molecule has 2 aromatic carbocycles. The molecule has 1 atom stereocenters. The van der Waals surface area contributed by atoms with Gasteiger partial charge in [0.05, 0.1) is 17.1 Å². The summed E-state index contributed by atoms with van der Waals surface area (Å²) in [6.45, 7) is 3.14. The average molecular weight is 568 g/mol. The molecule has 4 aromatic rings. The minimum Gasteiger partial charge on any atom is -0.382 e. The molecule has 6 rings (SSSR count). The van der Waals surface area contributed by atoms with Crippen LogP contribution in [0.15, 0.2) is 47.3 Å². The summed E-state index contributed by atoms with van der Waals surface area (Å²) in [7, 11) is 0. The number of piperidine rings is 1. The fraction of sp³-hybridized carbons (Fsp3) is 0.387. The Morgan fingerprint density at radius 1 is 1.05 bits per heavy atom. The molecular weight excluding hydrogens is 533 g/mol. The van der Waals surface area contributed by atoms with Crippen molar-refractivity contribution < 1.29 is 4.39 Å². The number of nitrogens with two attached hydrogens (primary N) is 2. The second-order valence-corrected chi connectivity index (χ2v) is 11.1. The van der Waals surface area contributed by atoms with Crippen LogP contribution in [0.3, 0.4) is 0 Å². The smallest absolute Gasteiger partial charge is 0.266 e. The number of likely N-dealkylation sites (tertiary alicyclic amines) is 1. The largest absolute Gasteiger partial charge is 0.382 e. The van der Waals surface area contributed by atoms with E-state index in [1.807, 2.05) is 36.4 Å². The highest BCUT2D eigenvalue weighted by atomic mass is 19.1. The monoisotopic (exact) mass is 567 g/mol. The van der Waals surface area contributed by atoms with Gasteiger partial charge in [0, 0.05) is 0 Å². The van der Waals surface area contributed by atoms with Crippen molar-refractivity contribution in [2.24, 2.45) is 5.92 Å². The molecule has 10 nitrogen and oxygen atoms in total. The van der Waals surface area contributed by atoms with Gasteiger partial charge in [0.25, 0.3) is 5.56 Å². The number of para-hydroxylation sites is 1. The van der Waals surface area contributed by atoms with Gasteiger partial charge in [-0.2, -0.15) is 15.2 Å². The zero-order valence-corrected chi connectivity index (χ0v) is 23.4. The summed E-state index contributed by atoms with van der Waals surface area (Å²) in [5, 5.41) is 13.3. The highest BCUT2D eigenvalue weighted by Crippen LogP contribution is 2.43. The summed E-state index contributed by atoms with van der Waals surface area (Å²) in [4.78, 5) is 29.9. The van der Waals surface area contributed by atoms with Gasteiger partial charge in [-0.25, -0.2) is 9.37 Å². The van der Waals surface area contributed by atoms with Crippen LogP contribution in [0.5, 0.6) is 0 Å². The quantitative estimate of drug-likeness (QED) is 0.268. The number of nitrogen functional groups attached to an aromatic ring is 2. The molecule has 2 aliphatic rings. The lowest BCUT2D eigenvalue weighted by Gasteiger charge is -2.26. The second-order valence-electron chi connectivity index (χ2n) is 11.1. The molecule has 1 unspecified atom stereocenters. The minimum atomic E-state index is -0.565. The summed E-state index contributed by atoms with van der Waals surface area (Å²) in [5.41, 5.74) is 13.0. The number of hydrogen-bond donors (Lipinski definition) is 3. The van der Waals surface area contributed by atoms with Crippen molar-refractivity contribution in [3.8, 4) is 11.8 Å². The lowest BCUT2D eigenvalue weighted by Crippen LogP contribution is -2.31. The highest BCUT2D eigenvalue weighted by molar-refractivity contribution is 5.82. The number of nitriles is 1. The lowest BCUT2D eigenvalue weighted by molar-refractivity contribution is 0.226. The molecule has 0 amide bonds. The van der Waals surface area contributed by atoms with Gasteiger partial charge in [-0.15, -0.1) is 0 Å². The van der Waals surface area contributed by atoms with Crippen molar-refractivity contribution in [3.63, 3.8) is 0 Å². The number of fused-ring (bicyclic) bond motifs is 1. The number of anilines is 3. The normalized spacial score (nSPS) is 16.3. The topological polar surface area (TPSA) is 152 Å². The van der Waals surface area contributed by atoms with Crippen molar-refractivity contribution in [2.75, 3.05) is 36.4 Å². The number of nitrogens with one attached hydrogen (secondary N) is 1. The van der Waals surface area contributed by atoms with Crippen LogP contribution in [-0.2, 0) is 6.42 Å². The molecule has 0 radical (unpaired) electrons.